The van der Waals surface area contributed by atoms with E-state index >= 15 is 0 Å². The van der Waals surface area contributed by atoms with Gasteiger partial charge in [0.25, 0.3) is 0 Å². The van der Waals surface area contributed by atoms with E-state index in [-0.39, 0.29) is 0 Å². The Balaban J connectivity index is 1.75. The van der Waals surface area contributed by atoms with Crippen molar-refractivity contribution in [3.05, 3.63) is 15.6 Å². The molecule has 106 valence electrons. The van der Waals surface area contributed by atoms with Crippen LogP contribution in [0.3, 0.4) is 0 Å². The fraction of sp³-hybridized carbons (Fsp3) is 0.600. The second-order valence-electron chi connectivity index (χ2n) is 6.02. The zero-order valence-electron chi connectivity index (χ0n) is 11.7. The summed E-state index contributed by atoms with van der Waals surface area (Å²) < 4.78 is 0. The van der Waals surface area contributed by atoms with E-state index in [1.165, 1.54) is 36.1 Å². The summed E-state index contributed by atoms with van der Waals surface area (Å²) in [7, 11) is 0. The Kier molecular flexibility index (Phi) is 3.11. The van der Waals surface area contributed by atoms with Gasteiger partial charge >= 0.3 is 0 Å². The number of fused-ring (bicyclic) bond motifs is 3. The molecule has 1 aliphatic carbocycles. The second kappa shape index (κ2) is 4.85. The summed E-state index contributed by atoms with van der Waals surface area (Å²) in [6.07, 6.45) is 6.02. The van der Waals surface area contributed by atoms with Crippen molar-refractivity contribution in [2.75, 3.05) is 18.0 Å². The van der Waals surface area contributed by atoms with E-state index < -0.39 is 0 Å². The lowest BCUT2D eigenvalue weighted by molar-refractivity contribution is 0.435. The van der Waals surface area contributed by atoms with Gasteiger partial charge in [0.15, 0.2) is 0 Å². The van der Waals surface area contributed by atoms with Gasteiger partial charge in [-0.2, -0.15) is 0 Å². The van der Waals surface area contributed by atoms with Crippen LogP contribution in [-0.2, 0) is 12.8 Å². The van der Waals surface area contributed by atoms with Gasteiger partial charge in [-0.15, -0.1) is 11.3 Å². The summed E-state index contributed by atoms with van der Waals surface area (Å²) in [6.45, 7) is 4.42. The Morgan fingerprint density at radius 2 is 2.00 bits per heavy atom. The highest BCUT2D eigenvalue weighted by Gasteiger charge is 2.24. The number of aromatic nitrogens is 2. The van der Waals surface area contributed by atoms with Crippen LogP contribution in [0, 0.1) is 5.92 Å². The van der Waals surface area contributed by atoms with Crippen molar-refractivity contribution >= 4 is 39.1 Å². The van der Waals surface area contributed by atoms with Gasteiger partial charge in [0.2, 0.25) is 5.95 Å². The molecule has 20 heavy (non-hydrogen) atoms. The Labute approximate surface area is 128 Å². The molecule has 2 aliphatic rings. The molecule has 1 saturated heterocycles. The summed E-state index contributed by atoms with van der Waals surface area (Å²) in [4.78, 5) is 14.2. The van der Waals surface area contributed by atoms with E-state index in [1.807, 2.05) is 11.3 Å². The number of hydrogen-bond donors (Lipinski definition) is 0. The molecule has 5 heteroatoms. The van der Waals surface area contributed by atoms with Crippen LogP contribution < -0.4 is 4.90 Å². The molecule has 0 bridgehead atoms. The van der Waals surface area contributed by atoms with Crippen LogP contribution in [0.2, 0.25) is 5.15 Å². The molecule has 1 fully saturated rings. The van der Waals surface area contributed by atoms with Gasteiger partial charge in [0, 0.05) is 18.0 Å². The first-order chi connectivity index (χ1) is 9.72. The molecule has 1 aliphatic heterocycles. The molecule has 3 heterocycles. The van der Waals surface area contributed by atoms with E-state index in [0.29, 0.717) is 5.15 Å². The molecule has 3 nitrogen and oxygen atoms in total. The summed E-state index contributed by atoms with van der Waals surface area (Å²) >= 11 is 8.28. The fourth-order valence-electron chi connectivity index (χ4n) is 3.29. The zero-order valence-corrected chi connectivity index (χ0v) is 13.2. The highest BCUT2D eigenvalue weighted by molar-refractivity contribution is 7.19. The van der Waals surface area contributed by atoms with Crippen LogP contribution >= 0.6 is 22.9 Å². The second-order valence-corrected chi connectivity index (χ2v) is 7.46. The molecule has 0 atom stereocenters. The smallest absolute Gasteiger partial charge is 0.228 e. The van der Waals surface area contributed by atoms with Gasteiger partial charge in [0.05, 0.1) is 5.39 Å². The van der Waals surface area contributed by atoms with Crippen molar-refractivity contribution < 1.29 is 0 Å². The van der Waals surface area contributed by atoms with Crippen molar-refractivity contribution in [2.24, 2.45) is 5.92 Å². The van der Waals surface area contributed by atoms with Crippen LogP contribution in [0.1, 0.15) is 36.6 Å². The van der Waals surface area contributed by atoms with Gasteiger partial charge in [-0.3, -0.25) is 0 Å². The largest absolute Gasteiger partial charge is 0.341 e. The lowest BCUT2D eigenvalue weighted by Gasteiger charge is -2.30. The summed E-state index contributed by atoms with van der Waals surface area (Å²) in [5, 5.41) is 1.78. The molecule has 0 unspecified atom stereocenters. The van der Waals surface area contributed by atoms with Crippen molar-refractivity contribution in [3.8, 4) is 0 Å². The average molecular weight is 308 g/mol. The van der Waals surface area contributed by atoms with E-state index in [2.05, 4.69) is 16.8 Å². The van der Waals surface area contributed by atoms with Crippen molar-refractivity contribution in [1.82, 2.24) is 9.97 Å². The lowest BCUT2D eigenvalue weighted by atomic mass is 10.00. The maximum absolute atomic E-state index is 6.46. The Hall–Kier alpha value is -0.870. The number of hydrogen-bond acceptors (Lipinski definition) is 4. The van der Waals surface area contributed by atoms with E-state index in [4.69, 9.17) is 16.6 Å². The predicted octanol–water partition coefficient (Wildman–Crippen LogP) is 4.07. The number of thiophene rings is 1. The third kappa shape index (κ3) is 2.01. The highest BCUT2D eigenvalue weighted by Crippen LogP contribution is 2.40. The minimum Gasteiger partial charge on any atom is -0.341 e. The first kappa shape index (κ1) is 12.8. The minimum atomic E-state index is 0.656. The summed E-state index contributed by atoms with van der Waals surface area (Å²) in [5.74, 6) is 1.64. The molecule has 0 aromatic carbocycles. The van der Waals surface area contributed by atoms with Crippen LogP contribution in [0.15, 0.2) is 0 Å². The van der Waals surface area contributed by atoms with Crippen LogP contribution in [0.25, 0.3) is 10.2 Å². The molecule has 0 N–H and O–H groups in total. The molecule has 2 aromatic rings. The monoisotopic (exact) mass is 307 g/mol. The van der Waals surface area contributed by atoms with Crippen LogP contribution in [0.5, 0.6) is 0 Å². The van der Waals surface area contributed by atoms with Gasteiger partial charge in [0.1, 0.15) is 9.98 Å². The number of halogens is 1. The number of rotatable bonds is 1. The zero-order chi connectivity index (χ0) is 13.7. The molecule has 0 radical (unpaired) electrons. The highest BCUT2D eigenvalue weighted by atomic mass is 35.5. The topological polar surface area (TPSA) is 29.0 Å². The average Bonchev–Trinajstić information content (AvgIpc) is 2.99. The number of aryl methyl sites for hydroxylation is 2. The van der Waals surface area contributed by atoms with Gasteiger partial charge in [-0.05, 0) is 43.6 Å². The van der Waals surface area contributed by atoms with Gasteiger partial charge in [-0.1, -0.05) is 18.5 Å². The Morgan fingerprint density at radius 1 is 1.20 bits per heavy atom. The van der Waals surface area contributed by atoms with Crippen LogP contribution in [-0.4, -0.2) is 23.1 Å². The summed E-state index contributed by atoms with van der Waals surface area (Å²) in [5.41, 5.74) is 1.41. The molecule has 0 saturated carbocycles. The van der Waals surface area contributed by atoms with Crippen molar-refractivity contribution in [2.45, 2.75) is 39.0 Å². The lowest BCUT2D eigenvalue weighted by Crippen LogP contribution is -2.34. The maximum atomic E-state index is 6.46. The first-order valence-corrected chi connectivity index (χ1v) is 8.64. The molecule has 0 amide bonds. The van der Waals surface area contributed by atoms with E-state index in [0.717, 1.165) is 41.6 Å². The standard InChI is InChI=1S/C15H18ClN3S/c1-9-5-7-19(8-6-9)15-17-13(16)12-10-3-2-4-11(10)20-14(12)18-15/h9H,2-8H2,1H3. The van der Waals surface area contributed by atoms with E-state index in [9.17, 15) is 0 Å². The minimum absolute atomic E-state index is 0.656. The third-order valence-corrected chi connectivity index (χ3v) is 6.03. The molecule has 0 spiro atoms. The quantitative estimate of drug-likeness (QED) is 0.744. The SMILES string of the molecule is CC1CCN(c2nc(Cl)c3c4c(sc3n2)CCC4)CC1. The normalized spacial score (nSPS) is 19.8. The first-order valence-electron chi connectivity index (χ1n) is 7.45. The van der Waals surface area contributed by atoms with Gasteiger partial charge in [-0.25, -0.2) is 9.97 Å². The Bertz CT molecular complexity index is 659. The predicted molar refractivity (Wildman–Crippen MR) is 85.1 cm³/mol. The molecule has 4 rings (SSSR count). The van der Waals surface area contributed by atoms with Gasteiger partial charge < -0.3 is 4.90 Å². The molecular weight excluding hydrogens is 290 g/mol. The van der Waals surface area contributed by atoms with Crippen molar-refractivity contribution in [1.29, 1.82) is 0 Å². The molecule has 2 aromatic heterocycles. The molecular formula is C15H18ClN3S. The fourth-order valence-corrected chi connectivity index (χ4v) is 4.88. The Morgan fingerprint density at radius 3 is 2.80 bits per heavy atom. The van der Waals surface area contributed by atoms with Crippen LogP contribution in [0.4, 0.5) is 5.95 Å². The summed E-state index contributed by atoms with van der Waals surface area (Å²) in [6, 6.07) is 0. The number of nitrogens with zero attached hydrogens (tertiary/aromatic N) is 3. The number of anilines is 1. The third-order valence-electron chi connectivity index (χ3n) is 4.58. The van der Waals surface area contributed by atoms with E-state index in [1.54, 1.807) is 0 Å². The maximum Gasteiger partial charge on any atom is 0.228 e. The number of piperidine rings is 1. The van der Waals surface area contributed by atoms with Crippen molar-refractivity contribution in [3.63, 3.8) is 0 Å².